The minimum atomic E-state index is -0.431. The summed E-state index contributed by atoms with van der Waals surface area (Å²) in [6, 6.07) is 14.5. The highest BCUT2D eigenvalue weighted by molar-refractivity contribution is 5.88. The molecule has 0 saturated carbocycles. The van der Waals surface area contributed by atoms with Gasteiger partial charge in [-0.25, -0.2) is 9.64 Å². The number of ether oxygens (including phenoxy) is 1. The van der Waals surface area contributed by atoms with Gasteiger partial charge in [-0.1, -0.05) is 43.0 Å². The number of carbonyl (C=O) groups is 1. The third-order valence-electron chi connectivity index (χ3n) is 2.74. The van der Waals surface area contributed by atoms with Gasteiger partial charge in [-0.2, -0.15) is 0 Å². The number of hydrogen-bond acceptors (Lipinski definition) is 2. The molecule has 0 spiro atoms. The molecule has 0 radical (unpaired) electrons. The van der Waals surface area contributed by atoms with Gasteiger partial charge in [0.1, 0.15) is 5.75 Å². The molecular weight excluding hydrogens is 250 g/mol. The van der Waals surface area contributed by atoms with E-state index in [1.807, 2.05) is 24.3 Å². The van der Waals surface area contributed by atoms with Gasteiger partial charge in [-0.3, -0.25) is 0 Å². The highest BCUT2D eigenvalue weighted by atomic mass is 16.5. The molecule has 0 aliphatic rings. The van der Waals surface area contributed by atoms with Gasteiger partial charge in [-0.05, 0) is 30.2 Å². The summed E-state index contributed by atoms with van der Waals surface area (Å²) >= 11 is 0. The molecule has 0 unspecified atom stereocenters. The van der Waals surface area contributed by atoms with E-state index in [1.165, 1.54) is 0 Å². The van der Waals surface area contributed by atoms with Crippen molar-refractivity contribution in [2.24, 2.45) is 0 Å². The SMILES string of the molecule is [C-]#[N+]c1ccc(-c2ccc(OC(=O)C(=C)C)cc2)cc1. The zero-order valence-corrected chi connectivity index (χ0v) is 11.1. The van der Waals surface area contributed by atoms with Crippen molar-refractivity contribution < 1.29 is 9.53 Å². The minimum Gasteiger partial charge on any atom is -0.423 e. The predicted molar refractivity (Wildman–Crippen MR) is 78.6 cm³/mol. The molecule has 0 saturated heterocycles. The summed E-state index contributed by atoms with van der Waals surface area (Å²) in [7, 11) is 0. The van der Waals surface area contributed by atoms with Gasteiger partial charge in [0, 0.05) is 5.57 Å². The van der Waals surface area contributed by atoms with Crippen LogP contribution in [0.5, 0.6) is 5.75 Å². The molecule has 0 N–H and O–H groups in total. The Morgan fingerprint density at radius 1 is 1.05 bits per heavy atom. The molecule has 3 heteroatoms. The van der Waals surface area contributed by atoms with Crippen LogP contribution in [-0.2, 0) is 4.79 Å². The lowest BCUT2D eigenvalue weighted by Crippen LogP contribution is -2.07. The number of nitrogens with zero attached hydrogens (tertiary/aromatic N) is 1. The molecule has 0 fully saturated rings. The van der Waals surface area contributed by atoms with Crippen LogP contribution >= 0.6 is 0 Å². The quantitative estimate of drug-likeness (QED) is 0.356. The molecule has 20 heavy (non-hydrogen) atoms. The fourth-order valence-corrected chi connectivity index (χ4v) is 1.64. The van der Waals surface area contributed by atoms with Gasteiger partial charge < -0.3 is 4.74 Å². The van der Waals surface area contributed by atoms with Crippen molar-refractivity contribution >= 4 is 11.7 Å². The van der Waals surface area contributed by atoms with Gasteiger partial charge >= 0.3 is 5.97 Å². The Morgan fingerprint density at radius 2 is 1.55 bits per heavy atom. The fraction of sp³-hybridized carbons (Fsp3) is 0.0588. The Balaban J connectivity index is 2.17. The van der Waals surface area contributed by atoms with Gasteiger partial charge in [-0.15, -0.1) is 0 Å². The number of hydrogen-bond donors (Lipinski definition) is 0. The maximum atomic E-state index is 11.4. The van der Waals surface area contributed by atoms with Crippen LogP contribution in [0.1, 0.15) is 6.92 Å². The molecule has 0 bridgehead atoms. The largest absolute Gasteiger partial charge is 0.423 e. The number of rotatable bonds is 3. The first kappa shape index (κ1) is 13.6. The zero-order valence-electron chi connectivity index (χ0n) is 11.1. The molecule has 3 nitrogen and oxygen atoms in total. The monoisotopic (exact) mass is 263 g/mol. The third kappa shape index (κ3) is 3.12. The van der Waals surface area contributed by atoms with E-state index in [1.54, 1.807) is 31.2 Å². The number of esters is 1. The Kier molecular flexibility index (Phi) is 3.97. The maximum Gasteiger partial charge on any atom is 0.338 e. The smallest absolute Gasteiger partial charge is 0.338 e. The van der Waals surface area contributed by atoms with E-state index in [-0.39, 0.29) is 0 Å². The summed E-state index contributed by atoms with van der Waals surface area (Å²) in [5.41, 5.74) is 2.98. The first-order valence-corrected chi connectivity index (χ1v) is 6.06. The number of benzene rings is 2. The summed E-state index contributed by atoms with van der Waals surface area (Å²) in [4.78, 5) is 14.7. The molecule has 0 atom stereocenters. The minimum absolute atomic E-state index is 0.365. The lowest BCUT2D eigenvalue weighted by Gasteiger charge is -2.06. The summed E-state index contributed by atoms with van der Waals surface area (Å²) in [6.45, 7) is 12.1. The van der Waals surface area contributed by atoms with E-state index >= 15 is 0 Å². The molecule has 98 valence electrons. The van der Waals surface area contributed by atoms with Crippen LogP contribution in [0.25, 0.3) is 16.0 Å². The molecule has 2 aromatic carbocycles. The summed E-state index contributed by atoms with van der Waals surface area (Å²) in [6.07, 6.45) is 0. The second-order valence-electron chi connectivity index (χ2n) is 4.35. The highest BCUT2D eigenvalue weighted by Gasteiger charge is 2.05. The average molecular weight is 263 g/mol. The van der Waals surface area contributed by atoms with Crippen molar-refractivity contribution in [3.05, 3.63) is 72.1 Å². The summed E-state index contributed by atoms with van der Waals surface area (Å²) < 4.78 is 5.12. The zero-order chi connectivity index (χ0) is 14.5. The predicted octanol–water partition coefficient (Wildman–Crippen LogP) is 4.39. The van der Waals surface area contributed by atoms with Crippen LogP contribution in [0.4, 0.5) is 5.69 Å². The molecule has 2 rings (SSSR count). The maximum absolute atomic E-state index is 11.4. The van der Waals surface area contributed by atoms with E-state index in [2.05, 4.69) is 11.4 Å². The Bertz CT molecular complexity index is 676. The van der Waals surface area contributed by atoms with E-state index in [9.17, 15) is 4.79 Å². The topological polar surface area (TPSA) is 30.7 Å². The number of carbonyl (C=O) groups excluding carboxylic acids is 1. The molecule has 0 aliphatic carbocycles. The molecule has 0 amide bonds. The van der Waals surface area contributed by atoms with Gasteiger partial charge in [0.2, 0.25) is 0 Å². The van der Waals surface area contributed by atoms with E-state index in [0.717, 1.165) is 11.1 Å². The molecule has 0 aromatic heterocycles. The third-order valence-corrected chi connectivity index (χ3v) is 2.74. The van der Waals surface area contributed by atoms with Crippen molar-refractivity contribution in [3.8, 4) is 16.9 Å². The molecule has 2 aromatic rings. The fourth-order valence-electron chi connectivity index (χ4n) is 1.64. The van der Waals surface area contributed by atoms with Crippen LogP contribution in [0.15, 0.2) is 60.7 Å². The summed E-state index contributed by atoms with van der Waals surface area (Å²) in [5, 5.41) is 0. The lowest BCUT2D eigenvalue weighted by molar-refractivity contribution is -0.130. The van der Waals surface area contributed by atoms with E-state index < -0.39 is 5.97 Å². The molecular formula is C17H13NO2. The second kappa shape index (κ2) is 5.85. The highest BCUT2D eigenvalue weighted by Crippen LogP contribution is 2.24. The van der Waals surface area contributed by atoms with Crippen LogP contribution in [0.2, 0.25) is 0 Å². The van der Waals surface area contributed by atoms with Crippen molar-refractivity contribution in [2.75, 3.05) is 0 Å². The Hall–Kier alpha value is -2.86. The van der Waals surface area contributed by atoms with Crippen molar-refractivity contribution in [3.63, 3.8) is 0 Å². The normalized spacial score (nSPS) is 9.60. The summed E-state index contributed by atoms with van der Waals surface area (Å²) in [5.74, 6) is 0.0543. The molecule has 0 aliphatic heterocycles. The standard InChI is InChI=1S/C17H13NO2/c1-12(2)17(19)20-16-10-6-14(7-11-16)13-4-8-15(18-3)9-5-13/h4-11H,1H2,2H3. The van der Waals surface area contributed by atoms with Crippen LogP contribution in [0.3, 0.4) is 0 Å². The van der Waals surface area contributed by atoms with Gasteiger partial charge in [0.05, 0.1) is 6.57 Å². The Morgan fingerprint density at radius 3 is 2.00 bits per heavy atom. The van der Waals surface area contributed by atoms with Gasteiger partial charge in [0.25, 0.3) is 0 Å². The van der Waals surface area contributed by atoms with Crippen LogP contribution in [0, 0.1) is 6.57 Å². The van der Waals surface area contributed by atoms with Gasteiger partial charge in [0.15, 0.2) is 5.69 Å². The first-order valence-electron chi connectivity index (χ1n) is 6.06. The van der Waals surface area contributed by atoms with E-state index in [0.29, 0.717) is 17.0 Å². The second-order valence-corrected chi connectivity index (χ2v) is 4.35. The first-order chi connectivity index (χ1) is 9.60. The average Bonchev–Trinajstić information content (AvgIpc) is 2.48. The van der Waals surface area contributed by atoms with Crippen molar-refractivity contribution in [2.45, 2.75) is 6.92 Å². The Labute approximate surface area is 118 Å². The van der Waals surface area contributed by atoms with E-state index in [4.69, 9.17) is 11.3 Å². The molecule has 0 heterocycles. The van der Waals surface area contributed by atoms with Crippen LogP contribution in [-0.4, -0.2) is 5.97 Å². The van der Waals surface area contributed by atoms with Crippen molar-refractivity contribution in [1.29, 1.82) is 0 Å². The van der Waals surface area contributed by atoms with Crippen LogP contribution < -0.4 is 4.74 Å². The lowest BCUT2D eigenvalue weighted by atomic mass is 10.1. The van der Waals surface area contributed by atoms with Crippen molar-refractivity contribution in [1.82, 2.24) is 0 Å².